The molecule has 114 valence electrons. The number of urea groups is 1. The molecule has 0 aromatic carbocycles. The molecule has 1 aromatic rings. The zero-order valence-electron chi connectivity index (χ0n) is 11.8. The molecule has 1 aromatic heterocycles. The first-order valence-electron chi connectivity index (χ1n) is 7.22. The third kappa shape index (κ3) is 3.55. The van der Waals surface area contributed by atoms with E-state index in [1.165, 1.54) is 0 Å². The standard InChI is InChI=1S/C14H19ClN4OS/c15-12-2-1-4-16-13(12)19-5-3-11(10-19)17-14(20)18-6-8-21-9-7-18/h1-2,4,11H,3,5-10H2,(H,17,20). The van der Waals surface area contributed by atoms with Crippen LogP contribution in [0.3, 0.4) is 0 Å². The Kier molecular flexibility index (Phi) is 4.75. The average Bonchev–Trinajstić information content (AvgIpc) is 2.97. The molecule has 0 spiro atoms. The number of halogens is 1. The van der Waals surface area contributed by atoms with Crippen molar-refractivity contribution >= 4 is 35.2 Å². The van der Waals surface area contributed by atoms with Gasteiger partial charge in [0, 0.05) is 49.9 Å². The van der Waals surface area contributed by atoms with E-state index in [-0.39, 0.29) is 12.1 Å². The average molecular weight is 327 g/mol. The number of pyridine rings is 1. The number of nitrogens with one attached hydrogen (secondary N) is 1. The molecule has 0 radical (unpaired) electrons. The van der Waals surface area contributed by atoms with Gasteiger partial charge in [-0.1, -0.05) is 11.6 Å². The van der Waals surface area contributed by atoms with E-state index in [1.54, 1.807) is 6.20 Å². The normalized spacial score (nSPS) is 22.4. The summed E-state index contributed by atoms with van der Waals surface area (Å²) in [7, 11) is 0. The summed E-state index contributed by atoms with van der Waals surface area (Å²) in [4.78, 5) is 20.6. The van der Waals surface area contributed by atoms with Crippen LogP contribution in [-0.2, 0) is 0 Å². The number of rotatable bonds is 2. The van der Waals surface area contributed by atoms with Crippen LogP contribution in [0.25, 0.3) is 0 Å². The van der Waals surface area contributed by atoms with Crippen LogP contribution in [0.2, 0.25) is 5.02 Å². The monoisotopic (exact) mass is 326 g/mol. The molecular formula is C14H19ClN4OS. The van der Waals surface area contributed by atoms with Crippen LogP contribution in [0.5, 0.6) is 0 Å². The molecule has 2 saturated heterocycles. The Morgan fingerprint density at radius 1 is 1.38 bits per heavy atom. The van der Waals surface area contributed by atoms with E-state index in [9.17, 15) is 4.79 Å². The van der Waals surface area contributed by atoms with E-state index in [1.807, 2.05) is 28.8 Å². The summed E-state index contributed by atoms with van der Waals surface area (Å²) in [6, 6.07) is 3.91. The molecule has 2 aliphatic rings. The van der Waals surface area contributed by atoms with Crippen LogP contribution in [-0.4, -0.2) is 59.6 Å². The third-order valence-corrected chi connectivity index (χ3v) is 5.09. The van der Waals surface area contributed by atoms with E-state index >= 15 is 0 Å². The SMILES string of the molecule is O=C(NC1CCN(c2ncccc2Cl)C1)N1CCSCC1. The van der Waals surface area contributed by atoms with Gasteiger partial charge in [-0.15, -0.1) is 0 Å². The first kappa shape index (κ1) is 14.8. The molecule has 2 amide bonds. The fourth-order valence-electron chi connectivity index (χ4n) is 2.71. The van der Waals surface area contributed by atoms with E-state index < -0.39 is 0 Å². The van der Waals surface area contributed by atoms with Crippen LogP contribution in [0.4, 0.5) is 10.6 Å². The van der Waals surface area contributed by atoms with E-state index in [2.05, 4.69) is 15.2 Å². The minimum absolute atomic E-state index is 0.0641. The van der Waals surface area contributed by atoms with Crippen molar-refractivity contribution in [1.29, 1.82) is 0 Å². The lowest BCUT2D eigenvalue weighted by Crippen LogP contribution is -2.48. The Bertz CT molecular complexity index is 510. The van der Waals surface area contributed by atoms with Crippen molar-refractivity contribution in [1.82, 2.24) is 15.2 Å². The topological polar surface area (TPSA) is 48.5 Å². The molecule has 2 aliphatic heterocycles. The van der Waals surface area contributed by atoms with Gasteiger partial charge >= 0.3 is 6.03 Å². The lowest BCUT2D eigenvalue weighted by Gasteiger charge is -2.28. The van der Waals surface area contributed by atoms with Crippen LogP contribution in [0.15, 0.2) is 18.3 Å². The van der Waals surface area contributed by atoms with Crippen molar-refractivity contribution < 1.29 is 4.79 Å². The summed E-state index contributed by atoms with van der Waals surface area (Å²) in [5.41, 5.74) is 0. The maximum atomic E-state index is 12.2. The Morgan fingerprint density at radius 3 is 2.95 bits per heavy atom. The quantitative estimate of drug-likeness (QED) is 0.904. The van der Waals surface area contributed by atoms with Gasteiger partial charge in [-0.3, -0.25) is 0 Å². The molecule has 21 heavy (non-hydrogen) atoms. The zero-order chi connectivity index (χ0) is 14.7. The van der Waals surface area contributed by atoms with Gasteiger partial charge in [0.15, 0.2) is 0 Å². The lowest BCUT2D eigenvalue weighted by molar-refractivity contribution is 0.199. The van der Waals surface area contributed by atoms with Crippen molar-refractivity contribution in [3.05, 3.63) is 23.4 Å². The number of anilines is 1. The summed E-state index contributed by atoms with van der Waals surface area (Å²) >= 11 is 8.08. The van der Waals surface area contributed by atoms with Crippen LogP contribution >= 0.6 is 23.4 Å². The van der Waals surface area contributed by atoms with Gasteiger partial charge in [0.1, 0.15) is 5.82 Å². The molecule has 0 bridgehead atoms. The summed E-state index contributed by atoms with van der Waals surface area (Å²) in [6.45, 7) is 3.33. The molecule has 1 unspecified atom stereocenters. The molecule has 5 nitrogen and oxygen atoms in total. The Morgan fingerprint density at radius 2 is 2.19 bits per heavy atom. The van der Waals surface area contributed by atoms with Crippen LogP contribution in [0, 0.1) is 0 Å². The van der Waals surface area contributed by atoms with Gasteiger partial charge in [-0.05, 0) is 18.6 Å². The highest BCUT2D eigenvalue weighted by atomic mass is 35.5. The zero-order valence-corrected chi connectivity index (χ0v) is 13.4. The Hall–Kier alpha value is -1.14. The molecule has 0 saturated carbocycles. The first-order chi connectivity index (χ1) is 10.2. The van der Waals surface area contributed by atoms with Crippen molar-refractivity contribution in [2.45, 2.75) is 12.5 Å². The van der Waals surface area contributed by atoms with Gasteiger partial charge in [-0.25, -0.2) is 9.78 Å². The second-order valence-corrected chi connectivity index (χ2v) is 6.92. The number of aromatic nitrogens is 1. The largest absolute Gasteiger partial charge is 0.353 e. The van der Waals surface area contributed by atoms with Crippen molar-refractivity contribution in [3.63, 3.8) is 0 Å². The number of carbonyl (C=O) groups excluding carboxylic acids is 1. The van der Waals surface area contributed by atoms with Gasteiger partial charge in [0.2, 0.25) is 0 Å². The molecule has 1 atom stereocenters. The Labute approximate surface area is 134 Å². The maximum absolute atomic E-state index is 12.2. The predicted molar refractivity (Wildman–Crippen MR) is 87.3 cm³/mol. The number of amides is 2. The fraction of sp³-hybridized carbons (Fsp3) is 0.571. The maximum Gasteiger partial charge on any atom is 0.317 e. The lowest BCUT2D eigenvalue weighted by atomic mass is 10.3. The molecule has 7 heteroatoms. The van der Waals surface area contributed by atoms with E-state index in [0.29, 0.717) is 5.02 Å². The van der Waals surface area contributed by atoms with Crippen molar-refractivity contribution in [3.8, 4) is 0 Å². The highest BCUT2D eigenvalue weighted by molar-refractivity contribution is 7.99. The number of nitrogens with zero attached hydrogens (tertiary/aromatic N) is 3. The minimum Gasteiger partial charge on any atom is -0.353 e. The highest BCUT2D eigenvalue weighted by Gasteiger charge is 2.27. The molecule has 3 rings (SSSR count). The summed E-state index contributed by atoms with van der Waals surface area (Å²) < 4.78 is 0. The molecule has 0 aliphatic carbocycles. The van der Waals surface area contributed by atoms with Gasteiger partial charge in [-0.2, -0.15) is 11.8 Å². The number of hydrogen-bond donors (Lipinski definition) is 1. The van der Waals surface area contributed by atoms with E-state index in [4.69, 9.17) is 11.6 Å². The second-order valence-electron chi connectivity index (χ2n) is 5.29. The Balaban J connectivity index is 1.55. The smallest absolute Gasteiger partial charge is 0.317 e. The third-order valence-electron chi connectivity index (χ3n) is 3.85. The number of carbonyl (C=O) groups is 1. The molecular weight excluding hydrogens is 308 g/mol. The highest BCUT2D eigenvalue weighted by Crippen LogP contribution is 2.25. The predicted octanol–water partition coefficient (Wildman–Crippen LogP) is 2.07. The minimum atomic E-state index is 0.0641. The van der Waals surface area contributed by atoms with Gasteiger partial charge in [0.25, 0.3) is 0 Å². The second kappa shape index (κ2) is 6.75. The fourth-order valence-corrected chi connectivity index (χ4v) is 3.86. The van der Waals surface area contributed by atoms with Crippen LogP contribution < -0.4 is 10.2 Å². The van der Waals surface area contributed by atoms with E-state index in [0.717, 1.165) is 49.9 Å². The van der Waals surface area contributed by atoms with Crippen molar-refractivity contribution in [2.24, 2.45) is 0 Å². The summed E-state index contributed by atoms with van der Waals surface area (Å²) in [5.74, 6) is 2.88. The molecule has 3 heterocycles. The van der Waals surface area contributed by atoms with Crippen molar-refractivity contribution in [2.75, 3.05) is 42.6 Å². The van der Waals surface area contributed by atoms with Crippen LogP contribution in [0.1, 0.15) is 6.42 Å². The first-order valence-corrected chi connectivity index (χ1v) is 8.76. The summed E-state index contributed by atoms with van der Waals surface area (Å²) in [5, 5.41) is 3.80. The number of hydrogen-bond acceptors (Lipinski definition) is 4. The molecule has 2 fully saturated rings. The van der Waals surface area contributed by atoms with Gasteiger partial charge in [0.05, 0.1) is 5.02 Å². The van der Waals surface area contributed by atoms with Gasteiger partial charge < -0.3 is 15.1 Å². The molecule has 1 N–H and O–H groups in total. The summed E-state index contributed by atoms with van der Waals surface area (Å²) in [6.07, 6.45) is 2.68. The number of thioether (sulfide) groups is 1.